The Balaban J connectivity index is 1.49. The Kier molecular flexibility index (Phi) is 2.70. The molecule has 3 aliphatic rings. The lowest BCUT2D eigenvalue weighted by Gasteiger charge is -2.40. The van der Waals surface area contributed by atoms with Gasteiger partial charge in [-0.3, -0.25) is 4.79 Å². The molecule has 0 unspecified atom stereocenters. The molecule has 2 aliphatic carbocycles. The molecule has 0 radical (unpaired) electrons. The van der Waals surface area contributed by atoms with Crippen LogP contribution in [0.15, 0.2) is 24.3 Å². The maximum absolute atomic E-state index is 12.3. The van der Waals surface area contributed by atoms with E-state index in [9.17, 15) is 4.79 Å². The van der Waals surface area contributed by atoms with E-state index >= 15 is 0 Å². The molecular weight excluding hydrogens is 246 g/mol. The summed E-state index contributed by atoms with van der Waals surface area (Å²) in [7, 11) is 0. The summed E-state index contributed by atoms with van der Waals surface area (Å²) in [5, 5.41) is 0. The Morgan fingerprint density at radius 1 is 1.20 bits per heavy atom. The minimum atomic E-state index is 0.347. The molecule has 2 atom stereocenters. The highest BCUT2D eigenvalue weighted by Crippen LogP contribution is 2.47. The summed E-state index contributed by atoms with van der Waals surface area (Å²) in [6, 6.07) is 8.94. The highest BCUT2D eigenvalue weighted by Gasteiger charge is 2.45. The van der Waals surface area contributed by atoms with E-state index in [0.29, 0.717) is 23.2 Å². The number of hydrogen-bond donors (Lipinski definition) is 0. The van der Waals surface area contributed by atoms with Crippen molar-refractivity contribution in [1.29, 1.82) is 0 Å². The van der Waals surface area contributed by atoms with Crippen molar-refractivity contribution < 1.29 is 4.79 Å². The first-order valence-electron chi connectivity index (χ1n) is 8.07. The smallest absolute Gasteiger partial charge is 0.225 e. The van der Waals surface area contributed by atoms with Crippen molar-refractivity contribution in [2.24, 2.45) is 11.8 Å². The molecule has 2 fully saturated rings. The molecule has 1 amide bonds. The van der Waals surface area contributed by atoms with Gasteiger partial charge in [-0.25, -0.2) is 0 Å². The highest BCUT2D eigenvalue weighted by molar-refractivity contribution is 5.81. The first kappa shape index (κ1) is 12.4. The van der Waals surface area contributed by atoms with Gasteiger partial charge in [0.25, 0.3) is 0 Å². The molecule has 1 aliphatic heterocycles. The largest absolute Gasteiger partial charge is 0.342 e. The second-order valence-electron chi connectivity index (χ2n) is 7.08. The second kappa shape index (κ2) is 4.34. The average Bonchev–Trinajstić information content (AvgIpc) is 3.12. The molecule has 20 heavy (non-hydrogen) atoms. The molecular formula is C18H23NO. The first-order valence-corrected chi connectivity index (χ1v) is 8.07. The number of carbonyl (C=O) groups excluding carboxylic acids is 1. The van der Waals surface area contributed by atoms with Crippen molar-refractivity contribution in [3.8, 4) is 0 Å². The van der Waals surface area contributed by atoms with Gasteiger partial charge in [-0.05, 0) is 54.6 Å². The summed E-state index contributed by atoms with van der Waals surface area (Å²) in [4.78, 5) is 14.5. The predicted octanol–water partition coefficient (Wildman–Crippen LogP) is 3.15. The van der Waals surface area contributed by atoms with Crippen molar-refractivity contribution in [2.45, 2.75) is 44.4 Å². The van der Waals surface area contributed by atoms with Crippen molar-refractivity contribution in [3.63, 3.8) is 0 Å². The number of carbonyl (C=O) groups is 1. The molecule has 1 aromatic rings. The third-order valence-corrected chi connectivity index (χ3v) is 5.92. The molecule has 2 nitrogen and oxygen atoms in total. The summed E-state index contributed by atoms with van der Waals surface area (Å²) in [6.45, 7) is 4.13. The van der Waals surface area contributed by atoms with E-state index < -0.39 is 0 Å². The Morgan fingerprint density at radius 3 is 2.60 bits per heavy atom. The number of likely N-dealkylation sites (tertiary alicyclic amines) is 1. The zero-order valence-corrected chi connectivity index (χ0v) is 12.3. The number of amides is 1. The van der Waals surface area contributed by atoms with Crippen LogP contribution in [-0.2, 0) is 16.6 Å². The van der Waals surface area contributed by atoms with Gasteiger partial charge in [0.05, 0.1) is 0 Å². The van der Waals surface area contributed by atoms with Gasteiger partial charge in [-0.2, -0.15) is 0 Å². The number of rotatable bonds is 1. The van der Waals surface area contributed by atoms with Crippen molar-refractivity contribution in [3.05, 3.63) is 35.4 Å². The monoisotopic (exact) mass is 269 g/mol. The van der Waals surface area contributed by atoms with Gasteiger partial charge in [-0.1, -0.05) is 31.2 Å². The lowest BCUT2D eigenvalue weighted by molar-refractivity contribution is -0.134. The first-order chi connectivity index (χ1) is 9.70. The second-order valence-corrected chi connectivity index (χ2v) is 7.08. The van der Waals surface area contributed by atoms with Crippen LogP contribution in [0.2, 0.25) is 0 Å². The summed E-state index contributed by atoms with van der Waals surface area (Å²) in [5.74, 6) is 1.41. The van der Waals surface area contributed by atoms with Gasteiger partial charge in [0, 0.05) is 19.0 Å². The normalized spacial score (nSPS) is 30.4. The van der Waals surface area contributed by atoms with Crippen molar-refractivity contribution in [1.82, 2.24) is 4.90 Å². The number of aryl methyl sites for hydroxylation is 1. The fraction of sp³-hybridized carbons (Fsp3) is 0.611. The van der Waals surface area contributed by atoms with Gasteiger partial charge in [-0.15, -0.1) is 0 Å². The zero-order chi connectivity index (χ0) is 13.7. The summed E-state index contributed by atoms with van der Waals surface area (Å²) in [6.07, 6.45) is 5.95. The van der Waals surface area contributed by atoms with Crippen LogP contribution < -0.4 is 0 Å². The quantitative estimate of drug-likeness (QED) is 0.767. The standard InChI is InChI=1S/C18H23NO/c1-13-12-15(13)17(20)19-10-8-18(9-11-19)7-6-14-4-2-3-5-16(14)18/h2-5,13,15H,6-12H2,1H3/t13-,15-/m0/s1. The van der Waals surface area contributed by atoms with Gasteiger partial charge >= 0.3 is 0 Å². The van der Waals surface area contributed by atoms with Gasteiger partial charge < -0.3 is 4.90 Å². The number of piperidine rings is 1. The van der Waals surface area contributed by atoms with Crippen LogP contribution in [-0.4, -0.2) is 23.9 Å². The average molecular weight is 269 g/mol. The van der Waals surface area contributed by atoms with Gasteiger partial charge in [0.15, 0.2) is 0 Å². The lowest BCUT2D eigenvalue weighted by Crippen LogP contribution is -2.45. The topological polar surface area (TPSA) is 20.3 Å². The minimum Gasteiger partial charge on any atom is -0.342 e. The van der Waals surface area contributed by atoms with E-state index in [1.165, 1.54) is 12.8 Å². The predicted molar refractivity (Wildman–Crippen MR) is 79.5 cm³/mol. The van der Waals surface area contributed by atoms with Gasteiger partial charge in [0.2, 0.25) is 5.91 Å². The van der Waals surface area contributed by atoms with Gasteiger partial charge in [0.1, 0.15) is 0 Å². The minimum absolute atomic E-state index is 0.347. The molecule has 1 saturated heterocycles. The zero-order valence-electron chi connectivity index (χ0n) is 12.3. The molecule has 0 bridgehead atoms. The van der Waals surface area contributed by atoms with E-state index in [-0.39, 0.29) is 0 Å². The van der Waals surface area contributed by atoms with E-state index in [0.717, 1.165) is 32.4 Å². The summed E-state index contributed by atoms with van der Waals surface area (Å²) >= 11 is 0. The maximum Gasteiger partial charge on any atom is 0.225 e. The summed E-state index contributed by atoms with van der Waals surface area (Å²) in [5.41, 5.74) is 3.50. The molecule has 1 heterocycles. The Bertz CT molecular complexity index is 542. The van der Waals surface area contributed by atoms with E-state index in [1.807, 2.05) is 0 Å². The van der Waals surface area contributed by atoms with Crippen LogP contribution in [0.25, 0.3) is 0 Å². The van der Waals surface area contributed by atoms with Crippen LogP contribution in [0.3, 0.4) is 0 Å². The van der Waals surface area contributed by atoms with E-state index in [2.05, 4.69) is 36.1 Å². The molecule has 1 saturated carbocycles. The van der Waals surface area contributed by atoms with E-state index in [4.69, 9.17) is 0 Å². The number of hydrogen-bond acceptors (Lipinski definition) is 1. The molecule has 2 heteroatoms. The number of nitrogens with zero attached hydrogens (tertiary/aromatic N) is 1. The Labute approximate surface area is 121 Å². The van der Waals surface area contributed by atoms with Crippen LogP contribution in [0, 0.1) is 11.8 Å². The Hall–Kier alpha value is -1.31. The van der Waals surface area contributed by atoms with Crippen molar-refractivity contribution in [2.75, 3.05) is 13.1 Å². The molecule has 0 aromatic heterocycles. The Morgan fingerprint density at radius 2 is 1.90 bits per heavy atom. The molecule has 0 N–H and O–H groups in total. The fourth-order valence-corrected chi connectivity index (χ4v) is 4.34. The number of benzene rings is 1. The van der Waals surface area contributed by atoms with Crippen molar-refractivity contribution >= 4 is 5.91 Å². The summed E-state index contributed by atoms with van der Waals surface area (Å²) < 4.78 is 0. The molecule has 1 spiro atoms. The molecule has 4 rings (SSSR count). The van der Waals surface area contributed by atoms with E-state index in [1.54, 1.807) is 11.1 Å². The van der Waals surface area contributed by atoms with Crippen LogP contribution in [0.5, 0.6) is 0 Å². The molecule has 106 valence electrons. The van der Waals surface area contributed by atoms with Crippen LogP contribution in [0.4, 0.5) is 0 Å². The van der Waals surface area contributed by atoms with Crippen LogP contribution in [0.1, 0.15) is 43.7 Å². The SMILES string of the molecule is C[C@H]1C[C@@H]1C(=O)N1CCC2(CCc3ccccc32)CC1. The lowest BCUT2D eigenvalue weighted by atomic mass is 9.74. The highest BCUT2D eigenvalue weighted by atomic mass is 16.2. The number of fused-ring (bicyclic) bond motifs is 2. The third kappa shape index (κ3) is 1.81. The fourth-order valence-electron chi connectivity index (χ4n) is 4.34. The maximum atomic E-state index is 12.3. The molecule has 1 aromatic carbocycles. The van der Waals surface area contributed by atoms with Crippen LogP contribution >= 0.6 is 0 Å². The third-order valence-electron chi connectivity index (χ3n) is 5.92.